The van der Waals surface area contributed by atoms with Crippen molar-refractivity contribution in [3.8, 4) is 0 Å². The Balaban J connectivity index is 1.84. The molecule has 0 radical (unpaired) electrons. The van der Waals surface area contributed by atoms with Crippen LogP contribution < -0.4 is 4.31 Å². The summed E-state index contributed by atoms with van der Waals surface area (Å²) in [7, 11) is -3.80. The summed E-state index contributed by atoms with van der Waals surface area (Å²) in [5.74, 6) is -1.03. The van der Waals surface area contributed by atoms with Crippen LogP contribution in [0.5, 0.6) is 0 Å². The number of carboxylic acids is 1. The molecule has 0 bridgehead atoms. The topological polar surface area (TPSA) is 87.6 Å². The van der Waals surface area contributed by atoms with Crippen LogP contribution >= 0.6 is 0 Å². The monoisotopic (exact) mass is 368 g/mol. The van der Waals surface area contributed by atoms with E-state index in [2.05, 4.69) is 4.98 Å². The predicted molar refractivity (Wildman–Crippen MR) is 98.1 cm³/mol. The normalized spacial score (nSPS) is 13.8. The number of hydrogen-bond donors (Lipinski definition) is 1. The molecule has 7 heteroatoms. The van der Waals surface area contributed by atoms with E-state index in [0.717, 1.165) is 16.5 Å². The maximum absolute atomic E-state index is 13.3. The molecule has 1 aromatic heterocycles. The third-order valence-corrected chi connectivity index (χ3v) is 6.40. The SMILES string of the molecule is Cc1cnc2c(S(=O)(=O)N3CCc4cc(C(=O)O)ccc43)cccc2c1. The number of carbonyl (C=O) groups is 1. The van der Waals surface area contributed by atoms with E-state index in [-0.39, 0.29) is 17.0 Å². The Kier molecular flexibility index (Phi) is 3.69. The molecule has 1 N–H and O–H groups in total. The fraction of sp³-hybridized carbons (Fsp3) is 0.158. The summed E-state index contributed by atoms with van der Waals surface area (Å²) < 4.78 is 27.9. The van der Waals surface area contributed by atoms with Crippen LogP contribution in [0.25, 0.3) is 10.9 Å². The molecule has 1 aliphatic heterocycles. The molecule has 2 aromatic carbocycles. The lowest BCUT2D eigenvalue weighted by molar-refractivity contribution is 0.0697. The van der Waals surface area contributed by atoms with Gasteiger partial charge in [-0.3, -0.25) is 9.29 Å². The highest BCUT2D eigenvalue weighted by atomic mass is 32.2. The Morgan fingerprint density at radius 1 is 1.19 bits per heavy atom. The summed E-state index contributed by atoms with van der Waals surface area (Å²) in [6.07, 6.45) is 2.13. The zero-order valence-electron chi connectivity index (χ0n) is 14.0. The van der Waals surface area contributed by atoms with Gasteiger partial charge in [-0.1, -0.05) is 12.1 Å². The van der Waals surface area contributed by atoms with E-state index in [1.54, 1.807) is 24.4 Å². The molecule has 0 saturated carbocycles. The lowest BCUT2D eigenvalue weighted by atomic mass is 10.1. The molecule has 6 nitrogen and oxygen atoms in total. The number of aromatic carboxylic acids is 1. The van der Waals surface area contributed by atoms with E-state index in [4.69, 9.17) is 5.11 Å². The molecule has 2 heterocycles. The van der Waals surface area contributed by atoms with Gasteiger partial charge in [0.15, 0.2) is 0 Å². The number of para-hydroxylation sites is 1. The standard InChI is InChI=1S/C19H16N2O4S/c1-12-9-14-3-2-4-17(18(14)20-11-12)26(24,25)21-8-7-13-10-15(19(22)23)5-6-16(13)21/h2-6,9-11H,7-8H2,1H3,(H,22,23). The van der Waals surface area contributed by atoms with Crippen LogP contribution in [-0.4, -0.2) is 31.0 Å². The smallest absolute Gasteiger partial charge is 0.335 e. The summed E-state index contributed by atoms with van der Waals surface area (Å²) in [6, 6.07) is 11.5. The van der Waals surface area contributed by atoms with E-state index < -0.39 is 16.0 Å². The molecule has 0 unspecified atom stereocenters. The molecular formula is C19H16N2O4S. The van der Waals surface area contributed by atoms with Gasteiger partial charge in [0.05, 0.1) is 16.8 Å². The van der Waals surface area contributed by atoms with E-state index >= 15 is 0 Å². The number of nitrogens with zero attached hydrogens (tertiary/aromatic N) is 2. The Morgan fingerprint density at radius 3 is 2.77 bits per heavy atom. The average molecular weight is 368 g/mol. The lowest BCUT2D eigenvalue weighted by Gasteiger charge is -2.20. The molecule has 0 fully saturated rings. The molecule has 0 spiro atoms. The zero-order valence-corrected chi connectivity index (χ0v) is 14.8. The summed E-state index contributed by atoms with van der Waals surface area (Å²) >= 11 is 0. The van der Waals surface area contributed by atoms with Gasteiger partial charge in [-0.25, -0.2) is 13.2 Å². The highest BCUT2D eigenvalue weighted by molar-refractivity contribution is 7.93. The van der Waals surface area contributed by atoms with Gasteiger partial charge < -0.3 is 5.11 Å². The lowest BCUT2D eigenvalue weighted by Crippen LogP contribution is -2.29. The second-order valence-corrected chi connectivity index (χ2v) is 8.15. The van der Waals surface area contributed by atoms with Gasteiger partial charge in [0.1, 0.15) is 4.90 Å². The number of aryl methyl sites for hydroxylation is 1. The molecule has 0 saturated heterocycles. The van der Waals surface area contributed by atoms with Gasteiger partial charge in [-0.15, -0.1) is 0 Å². The summed E-state index contributed by atoms with van der Waals surface area (Å²) in [5, 5.41) is 9.89. The highest BCUT2D eigenvalue weighted by Gasteiger charge is 2.32. The fourth-order valence-electron chi connectivity index (χ4n) is 3.32. The molecule has 132 valence electrons. The first kappa shape index (κ1) is 16.5. The van der Waals surface area contributed by atoms with Crippen molar-refractivity contribution in [1.82, 2.24) is 4.98 Å². The summed E-state index contributed by atoms with van der Waals surface area (Å²) in [5.41, 5.74) is 2.80. The molecule has 26 heavy (non-hydrogen) atoms. The van der Waals surface area contributed by atoms with Crippen LogP contribution in [0.3, 0.4) is 0 Å². The number of benzene rings is 2. The number of pyridine rings is 1. The Bertz CT molecular complexity index is 1160. The predicted octanol–water partition coefficient (Wildman–Crippen LogP) is 2.99. The molecule has 0 atom stereocenters. The van der Waals surface area contributed by atoms with Crippen molar-refractivity contribution < 1.29 is 18.3 Å². The first-order chi connectivity index (χ1) is 12.4. The minimum atomic E-state index is -3.80. The van der Waals surface area contributed by atoms with Crippen molar-refractivity contribution in [1.29, 1.82) is 0 Å². The van der Waals surface area contributed by atoms with E-state index in [1.165, 1.54) is 16.4 Å². The minimum absolute atomic E-state index is 0.158. The highest BCUT2D eigenvalue weighted by Crippen LogP contribution is 2.35. The Morgan fingerprint density at radius 2 is 2.00 bits per heavy atom. The van der Waals surface area contributed by atoms with Crippen LogP contribution in [0.1, 0.15) is 21.5 Å². The molecule has 4 rings (SSSR count). The second kappa shape index (κ2) is 5.81. The van der Waals surface area contributed by atoms with Crippen LogP contribution in [-0.2, 0) is 16.4 Å². The maximum Gasteiger partial charge on any atom is 0.335 e. The largest absolute Gasteiger partial charge is 0.478 e. The van der Waals surface area contributed by atoms with Gasteiger partial charge in [0.2, 0.25) is 0 Å². The van der Waals surface area contributed by atoms with Gasteiger partial charge in [-0.2, -0.15) is 0 Å². The van der Waals surface area contributed by atoms with Crippen LogP contribution in [0.2, 0.25) is 0 Å². The van der Waals surface area contributed by atoms with Crippen molar-refractivity contribution in [3.63, 3.8) is 0 Å². The summed E-state index contributed by atoms with van der Waals surface area (Å²) in [4.78, 5) is 15.6. The van der Waals surface area contributed by atoms with Crippen molar-refractivity contribution in [2.75, 3.05) is 10.8 Å². The van der Waals surface area contributed by atoms with Crippen molar-refractivity contribution in [2.24, 2.45) is 0 Å². The summed E-state index contributed by atoms with van der Waals surface area (Å²) in [6.45, 7) is 2.19. The molecule has 0 amide bonds. The number of anilines is 1. The third kappa shape index (κ3) is 2.52. The first-order valence-corrected chi connectivity index (χ1v) is 9.56. The first-order valence-electron chi connectivity index (χ1n) is 8.12. The second-order valence-electron chi connectivity index (χ2n) is 6.32. The molecule has 1 aliphatic rings. The quantitative estimate of drug-likeness (QED) is 0.768. The molecular weight excluding hydrogens is 352 g/mol. The Labute approximate surface area is 150 Å². The van der Waals surface area contributed by atoms with Crippen molar-refractivity contribution in [3.05, 3.63) is 65.4 Å². The zero-order chi connectivity index (χ0) is 18.5. The van der Waals surface area contributed by atoms with Crippen molar-refractivity contribution >= 4 is 32.6 Å². The van der Waals surface area contributed by atoms with Crippen molar-refractivity contribution in [2.45, 2.75) is 18.2 Å². The number of rotatable bonds is 3. The minimum Gasteiger partial charge on any atom is -0.478 e. The third-order valence-electron chi connectivity index (χ3n) is 4.56. The number of hydrogen-bond acceptors (Lipinski definition) is 4. The fourth-order valence-corrected chi connectivity index (χ4v) is 5.00. The van der Waals surface area contributed by atoms with Gasteiger partial charge >= 0.3 is 5.97 Å². The van der Waals surface area contributed by atoms with Gasteiger partial charge in [0.25, 0.3) is 10.0 Å². The Hall–Kier alpha value is -2.93. The van der Waals surface area contributed by atoms with Crippen LogP contribution in [0.15, 0.2) is 53.6 Å². The van der Waals surface area contributed by atoms with Crippen LogP contribution in [0, 0.1) is 6.92 Å². The maximum atomic E-state index is 13.3. The van der Waals surface area contributed by atoms with E-state index in [1.807, 2.05) is 19.1 Å². The number of sulfonamides is 1. The van der Waals surface area contributed by atoms with Crippen LogP contribution in [0.4, 0.5) is 5.69 Å². The van der Waals surface area contributed by atoms with Gasteiger partial charge in [-0.05, 0) is 54.8 Å². The number of fused-ring (bicyclic) bond motifs is 2. The molecule has 3 aromatic rings. The van der Waals surface area contributed by atoms with E-state index in [0.29, 0.717) is 17.6 Å². The molecule has 0 aliphatic carbocycles. The number of carboxylic acid groups (broad SMARTS) is 1. The van der Waals surface area contributed by atoms with E-state index in [9.17, 15) is 13.2 Å². The average Bonchev–Trinajstić information content (AvgIpc) is 3.04. The number of aromatic nitrogens is 1. The van der Waals surface area contributed by atoms with Gasteiger partial charge in [0, 0.05) is 18.1 Å².